The molecule has 0 aromatic heterocycles. The molecule has 0 aliphatic carbocycles. The summed E-state index contributed by atoms with van der Waals surface area (Å²) in [5, 5.41) is 34.2. The number of aliphatic hydroxyl groups excluding tert-OH is 1. The van der Waals surface area contributed by atoms with Gasteiger partial charge in [0.2, 0.25) is 17.7 Å². The molecule has 0 aromatic rings. The summed E-state index contributed by atoms with van der Waals surface area (Å²) in [6.07, 6.45) is 5.50. The molecule has 1 aliphatic rings. The highest BCUT2D eigenvalue weighted by atomic mass is 16.4. The fourth-order valence-corrected chi connectivity index (χ4v) is 5.22. The van der Waals surface area contributed by atoms with E-state index in [4.69, 9.17) is 16.6 Å². The molecule has 0 radical (unpaired) electrons. The molecule has 1 unspecified atom stereocenters. The zero-order valence-electron chi connectivity index (χ0n) is 30.4. The molecule has 1 fully saturated rings. The molecule has 19 nitrogen and oxygen atoms in total. The minimum atomic E-state index is -0.996. The number of aldehydes is 1. The van der Waals surface area contributed by atoms with Crippen LogP contribution in [0.15, 0.2) is 4.99 Å². The lowest BCUT2D eigenvalue weighted by molar-refractivity contribution is -0.139. The first-order valence-electron chi connectivity index (χ1n) is 17.5. The van der Waals surface area contributed by atoms with E-state index in [0.717, 1.165) is 39.1 Å². The van der Waals surface area contributed by atoms with Gasteiger partial charge in [0.05, 0.1) is 26.2 Å². The van der Waals surface area contributed by atoms with Crippen LogP contribution in [0.3, 0.4) is 0 Å². The number of carboxylic acid groups (broad SMARTS) is 2. The molecule has 1 saturated heterocycles. The van der Waals surface area contributed by atoms with Crippen molar-refractivity contribution in [2.24, 2.45) is 16.5 Å². The van der Waals surface area contributed by atoms with Gasteiger partial charge in [-0.25, -0.2) is 0 Å². The first kappa shape index (κ1) is 47.1. The second-order valence-corrected chi connectivity index (χ2v) is 12.1. The summed E-state index contributed by atoms with van der Waals surface area (Å²) >= 11 is 0. The number of carbonyl (C=O) groups is 6. The molecular formula is C32H62N10O9. The Kier molecular flexibility index (Phi) is 27.5. The Morgan fingerprint density at radius 3 is 1.75 bits per heavy atom. The van der Waals surface area contributed by atoms with E-state index in [1.165, 1.54) is 0 Å². The normalized spacial score (nSPS) is 15.8. The number of rotatable bonds is 22. The van der Waals surface area contributed by atoms with Crippen molar-refractivity contribution in [3.8, 4) is 0 Å². The van der Waals surface area contributed by atoms with Gasteiger partial charge in [-0.1, -0.05) is 26.2 Å². The fraction of sp³-hybridized carbons (Fsp3) is 0.781. The largest absolute Gasteiger partial charge is 0.480 e. The summed E-state index contributed by atoms with van der Waals surface area (Å²) < 4.78 is 0. The van der Waals surface area contributed by atoms with Gasteiger partial charge in [-0.15, -0.1) is 0 Å². The zero-order chi connectivity index (χ0) is 38.4. The van der Waals surface area contributed by atoms with Crippen LogP contribution in [0.4, 0.5) is 0 Å². The summed E-state index contributed by atoms with van der Waals surface area (Å²) in [6.45, 7) is 5.58. The Labute approximate surface area is 301 Å². The summed E-state index contributed by atoms with van der Waals surface area (Å²) in [4.78, 5) is 83.7. The number of aliphatic imine (C=N–C) groups is 1. The number of hydrogen-bond acceptors (Lipinski definition) is 12. The van der Waals surface area contributed by atoms with Gasteiger partial charge in [-0.05, 0) is 19.3 Å². The summed E-state index contributed by atoms with van der Waals surface area (Å²) in [7, 11) is 1.00. The number of aliphatic hydroxyl groups is 1. The Morgan fingerprint density at radius 1 is 0.725 bits per heavy atom. The van der Waals surface area contributed by atoms with E-state index < -0.39 is 23.9 Å². The van der Waals surface area contributed by atoms with E-state index in [9.17, 15) is 39.0 Å². The quantitative estimate of drug-likeness (QED) is 0.0238. The SMILES string of the molecule is CCCCCCNC(=O)C(CCCN=C(N)N)NC(=O)CCNC(=O)CN1CCN(CC(=O)O)CCN(CC=O)CCN(CC(=O)O)CC1.CO. The van der Waals surface area contributed by atoms with Gasteiger partial charge >= 0.3 is 11.9 Å². The van der Waals surface area contributed by atoms with Gasteiger partial charge in [0.1, 0.15) is 12.3 Å². The van der Waals surface area contributed by atoms with E-state index in [0.29, 0.717) is 78.3 Å². The molecule has 294 valence electrons. The lowest BCUT2D eigenvalue weighted by Gasteiger charge is -2.32. The number of hydrogen-bond donors (Lipinski definition) is 8. The molecule has 0 spiro atoms. The predicted octanol–water partition coefficient (Wildman–Crippen LogP) is -3.07. The number of unbranched alkanes of at least 4 members (excludes halogenated alkanes) is 3. The third-order valence-electron chi connectivity index (χ3n) is 7.95. The van der Waals surface area contributed by atoms with Gasteiger partial charge in [0, 0.05) is 85.5 Å². The molecule has 1 aliphatic heterocycles. The van der Waals surface area contributed by atoms with Crippen LogP contribution in [0.5, 0.6) is 0 Å². The fourth-order valence-electron chi connectivity index (χ4n) is 5.22. The van der Waals surface area contributed by atoms with Gasteiger partial charge in [0.15, 0.2) is 5.96 Å². The molecule has 0 saturated carbocycles. The number of guanidine groups is 1. The molecule has 1 atom stereocenters. The highest BCUT2D eigenvalue weighted by Gasteiger charge is 2.22. The second-order valence-electron chi connectivity index (χ2n) is 12.1. The maximum absolute atomic E-state index is 12.9. The van der Waals surface area contributed by atoms with Crippen molar-refractivity contribution in [2.45, 2.75) is 57.9 Å². The number of aliphatic carboxylic acids is 2. The van der Waals surface area contributed by atoms with Gasteiger partial charge in [0.25, 0.3) is 0 Å². The first-order valence-corrected chi connectivity index (χ1v) is 17.5. The minimum Gasteiger partial charge on any atom is -0.480 e. The van der Waals surface area contributed by atoms with Crippen LogP contribution >= 0.6 is 0 Å². The van der Waals surface area contributed by atoms with Crippen molar-refractivity contribution in [1.82, 2.24) is 35.6 Å². The molecule has 19 heteroatoms. The number of amides is 3. The van der Waals surface area contributed by atoms with Gasteiger partial charge in [-0.3, -0.25) is 48.6 Å². The average molecular weight is 731 g/mol. The van der Waals surface area contributed by atoms with Crippen molar-refractivity contribution in [2.75, 3.05) is 105 Å². The smallest absolute Gasteiger partial charge is 0.317 e. The van der Waals surface area contributed by atoms with Crippen LogP contribution in [0.25, 0.3) is 0 Å². The molecule has 51 heavy (non-hydrogen) atoms. The predicted molar refractivity (Wildman–Crippen MR) is 192 cm³/mol. The van der Waals surface area contributed by atoms with Crippen LogP contribution in [-0.4, -0.2) is 188 Å². The summed E-state index contributed by atoms with van der Waals surface area (Å²) in [5.74, 6) is -3.10. The lowest BCUT2D eigenvalue weighted by Crippen LogP contribution is -2.49. The molecular weight excluding hydrogens is 668 g/mol. The van der Waals surface area contributed by atoms with Crippen LogP contribution in [0, 0.1) is 0 Å². The van der Waals surface area contributed by atoms with Crippen LogP contribution in [-0.2, 0) is 28.8 Å². The van der Waals surface area contributed by atoms with E-state index in [-0.39, 0.29) is 56.9 Å². The topological polar surface area (TPSA) is 277 Å². The maximum atomic E-state index is 12.9. The van der Waals surface area contributed by atoms with Crippen LogP contribution < -0.4 is 27.4 Å². The third kappa shape index (κ3) is 25.7. The Morgan fingerprint density at radius 2 is 1.25 bits per heavy atom. The monoisotopic (exact) mass is 730 g/mol. The van der Waals surface area contributed by atoms with Gasteiger partial charge in [-0.2, -0.15) is 0 Å². The van der Waals surface area contributed by atoms with Crippen molar-refractivity contribution in [3.63, 3.8) is 0 Å². The highest BCUT2D eigenvalue weighted by Crippen LogP contribution is 2.03. The van der Waals surface area contributed by atoms with E-state index >= 15 is 0 Å². The maximum Gasteiger partial charge on any atom is 0.317 e. The number of nitrogens with one attached hydrogen (secondary N) is 3. The Hall–Kier alpha value is -3.91. The lowest BCUT2D eigenvalue weighted by atomic mass is 10.1. The minimum absolute atomic E-state index is 0.0285. The van der Waals surface area contributed by atoms with Crippen LogP contribution in [0.2, 0.25) is 0 Å². The summed E-state index contributed by atoms with van der Waals surface area (Å²) in [5.41, 5.74) is 10.8. The molecule has 0 bridgehead atoms. The van der Waals surface area contributed by atoms with Crippen molar-refractivity contribution >= 4 is 41.9 Å². The molecule has 1 heterocycles. The van der Waals surface area contributed by atoms with Crippen molar-refractivity contribution < 1.29 is 44.1 Å². The average Bonchev–Trinajstić information content (AvgIpc) is 3.07. The number of carbonyl (C=O) groups excluding carboxylic acids is 4. The Balaban J connectivity index is 0.0000123. The number of nitrogens with zero attached hydrogens (tertiary/aromatic N) is 5. The third-order valence-corrected chi connectivity index (χ3v) is 7.95. The van der Waals surface area contributed by atoms with E-state index in [2.05, 4.69) is 27.9 Å². The van der Waals surface area contributed by atoms with E-state index in [1.807, 2.05) is 9.80 Å². The first-order chi connectivity index (χ1) is 24.4. The van der Waals surface area contributed by atoms with Gasteiger partial charge < -0.3 is 47.5 Å². The molecule has 3 amide bonds. The Bertz CT molecular complexity index is 1030. The summed E-state index contributed by atoms with van der Waals surface area (Å²) in [6, 6.07) is -0.779. The van der Waals surface area contributed by atoms with Crippen molar-refractivity contribution in [3.05, 3.63) is 0 Å². The van der Waals surface area contributed by atoms with Crippen molar-refractivity contribution in [1.29, 1.82) is 0 Å². The number of nitrogens with two attached hydrogens (primary N) is 2. The highest BCUT2D eigenvalue weighted by molar-refractivity contribution is 5.88. The van der Waals surface area contributed by atoms with E-state index in [1.54, 1.807) is 9.80 Å². The standard InChI is InChI=1S/C31H58N10O8.CH4O/c1-2-3-4-5-9-35-30(49)25(7-6-10-36-31(32)33)37-26(43)8-11-34-27(44)22-39-16-18-40(23-28(45)46)14-12-38(20-21-42)13-15-41(19-17-39)24-29(47)48;1-2/h21,25H,2-20,22-24H2,1H3,(H,34,44)(H,35,49)(H,37,43)(H,45,46)(H,47,48)(H4,32,33,36);2H,1H3. The molecule has 1 rings (SSSR count). The number of carboxylic acids is 2. The second kappa shape index (κ2) is 29.8. The molecule has 10 N–H and O–H groups in total. The van der Waals surface area contributed by atoms with Crippen LogP contribution in [0.1, 0.15) is 51.9 Å². The molecule has 0 aromatic carbocycles. The zero-order valence-corrected chi connectivity index (χ0v) is 30.4.